The molecule has 118 valence electrons. The molecule has 0 aliphatic rings. The Labute approximate surface area is 125 Å². The smallest absolute Gasteiger partial charge is 0.239 e. The van der Waals surface area contributed by atoms with Gasteiger partial charge in [-0.1, -0.05) is 30.3 Å². The van der Waals surface area contributed by atoms with E-state index in [-0.39, 0.29) is 31.2 Å². The number of benzene rings is 1. The molecule has 0 bridgehead atoms. The molecule has 3 N–H and O–H groups in total. The fourth-order valence-electron chi connectivity index (χ4n) is 1.89. The van der Waals surface area contributed by atoms with Crippen molar-refractivity contribution in [3.8, 4) is 0 Å². The molecule has 1 amide bonds. The van der Waals surface area contributed by atoms with E-state index in [1.54, 1.807) is 0 Å². The van der Waals surface area contributed by atoms with Gasteiger partial charge in [0.1, 0.15) is 9.84 Å². The van der Waals surface area contributed by atoms with Crippen LogP contribution in [0.2, 0.25) is 0 Å². The Morgan fingerprint density at radius 3 is 2.48 bits per heavy atom. The summed E-state index contributed by atoms with van der Waals surface area (Å²) in [6.45, 7) is 0.338. The molecule has 1 unspecified atom stereocenters. The summed E-state index contributed by atoms with van der Waals surface area (Å²) >= 11 is 0. The summed E-state index contributed by atoms with van der Waals surface area (Å²) in [5.74, 6) is -0.477. The third kappa shape index (κ3) is 6.70. The van der Waals surface area contributed by atoms with Gasteiger partial charge in [-0.15, -0.1) is 0 Å². The maximum absolute atomic E-state index is 12.2. The number of amides is 1. The third-order valence-electron chi connectivity index (χ3n) is 3.01. The van der Waals surface area contributed by atoms with Crippen LogP contribution in [0.25, 0.3) is 0 Å². The van der Waals surface area contributed by atoms with Crippen molar-refractivity contribution in [3.63, 3.8) is 0 Å². The van der Waals surface area contributed by atoms with Crippen molar-refractivity contribution < 1.29 is 18.3 Å². The maximum atomic E-state index is 12.2. The average molecular weight is 314 g/mol. The van der Waals surface area contributed by atoms with Crippen LogP contribution >= 0.6 is 0 Å². The SMILES string of the molecule is CS(=O)(=O)CCC(N)C(=O)N(CCO)Cc1ccccc1. The summed E-state index contributed by atoms with van der Waals surface area (Å²) in [6, 6.07) is 8.47. The highest BCUT2D eigenvalue weighted by atomic mass is 32.2. The monoisotopic (exact) mass is 314 g/mol. The molecule has 0 saturated heterocycles. The lowest BCUT2D eigenvalue weighted by Crippen LogP contribution is -2.45. The second kappa shape index (κ2) is 8.11. The zero-order chi connectivity index (χ0) is 15.9. The van der Waals surface area contributed by atoms with Crippen molar-refractivity contribution in [3.05, 3.63) is 35.9 Å². The van der Waals surface area contributed by atoms with Gasteiger partial charge in [-0.25, -0.2) is 8.42 Å². The Morgan fingerprint density at radius 2 is 1.95 bits per heavy atom. The summed E-state index contributed by atoms with van der Waals surface area (Å²) in [5.41, 5.74) is 6.70. The number of carbonyl (C=O) groups excluding carboxylic acids is 1. The molecule has 1 aromatic carbocycles. The molecule has 0 saturated carbocycles. The molecule has 0 aliphatic heterocycles. The third-order valence-corrected chi connectivity index (χ3v) is 3.99. The van der Waals surface area contributed by atoms with Gasteiger partial charge < -0.3 is 15.7 Å². The predicted molar refractivity (Wildman–Crippen MR) is 81.2 cm³/mol. The van der Waals surface area contributed by atoms with Crippen molar-refractivity contribution in [2.45, 2.75) is 19.0 Å². The van der Waals surface area contributed by atoms with Crippen LogP contribution in [-0.2, 0) is 21.2 Å². The first kappa shape index (κ1) is 17.6. The number of carbonyl (C=O) groups is 1. The first-order valence-electron chi connectivity index (χ1n) is 6.70. The van der Waals surface area contributed by atoms with Gasteiger partial charge in [0.15, 0.2) is 0 Å². The molecule has 1 aromatic rings. The van der Waals surface area contributed by atoms with Gasteiger partial charge >= 0.3 is 0 Å². The highest BCUT2D eigenvalue weighted by Crippen LogP contribution is 2.07. The molecule has 1 rings (SSSR count). The van der Waals surface area contributed by atoms with Crippen LogP contribution in [0.5, 0.6) is 0 Å². The lowest BCUT2D eigenvalue weighted by molar-refractivity contribution is -0.133. The molecule has 1 atom stereocenters. The molecule has 6 nitrogen and oxygen atoms in total. The molecule has 0 aromatic heterocycles. The summed E-state index contributed by atoms with van der Waals surface area (Å²) in [4.78, 5) is 13.7. The van der Waals surface area contributed by atoms with Gasteiger partial charge in [0.05, 0.1) is 18.4 Å². The van der Waals surface area contributed by atoms with Gasteiger partial charge in [0.2, 0.25) is 5.91 Å². The summed E-state index contributed by atoms with van der Waals surface area (Å²) < 4.78 is 22.2. The van der Waals surface area contributed by atoms with E-state index < -0.39 is 15.9 Å². The van der Waals surface area contributed by atoms with Gasteiger partial charge in [0.25, 0.3) is 0 Å². The number of hydrogen-bond donors (Lipinski definition) is 2. The number of hydrogen-bond acceptors (Lipinski definition) is 5. The molecule has 21 heavy (non-hydrogen) atoms. The zero-order valence-electron chi connectivity index (χ0n) is 12.1. The Balaban J connectivity index is 2.68. The van der Waals surface area contributed by atoms with Gasteiger partial charge in [-0.2, -0.15) is 0 Å². The van der Waals surface area contributed by atoms with Crippen LogP contribution in [0.1, 0.15) is 12.0 Å². The van der Waals surface area contributed by atoms with Crippen LogP contribution in [0.4, 0.5) is 0 Å². The van der Waals surface area contributed by atoms with Crippen LogP contribution in [-0.4, -0.2) is 55.5 Å². The van der Waals surface area contributed by atoms with E-state index in [2.05, 4.69) is 0 Å². The van der Waals surface area contributed by atoms with Crippen molar-refractivity contribution in [2.24, 2.45) is 5.73 Å². The van der Waals surface area contributed by atoms with Crippen LogP contribution in [0, 0.1) is 0 Å². The van der Waals surface area contributed by atoms with E-state index in [1.165, 1.54) is 4.90 Å². The number of aliphatic hydroxyl groups excluding tert-OH is 1. The minimum Gasteiger partial charge on any atom is -0.395 e. The van der Waals surface area contributed by atoms with E-state index in [0.717, 1.165) is 11.8 Å². The summed E-state index contributed by atoms with van der Waals surface area (Å²) in [6.07, 6.45) is 1.19. The van der Waals surface area contributed by atoms with E-state index >= 15 is 0 Å². The van der Waals surface area contributed by atoms with Gasteiger partial charge in [-0.3, -0.25) is 4.79 Å². The fourth-order valence-corrected chi connectivity index (χ4v) is 2.57. The van der Waals surface area contributed by atoms with Gasteiger partial charge in [0, 0.05) is 19.3 Å². The fraction of sp³-hybridized carbons (Fsp3) is 0.500. The van der Waals surface area contributed by atoms with Crippen molar-refractivity contribution in [1.29, 1.82) is 0 Å². The molecule has 0 aliphatic carbocycles. The first-order chi connectivity index (χ1) is 9.83. The number of sulfone groups is 1. The second-order valence-corrected chi connectivity index (χ2v) is 7.25. The lowest BCUT2D eigenvalue weighted by Gasteiger charge is -2.25. The Morgan fingerprint density at radius 1 is 1.33 bits per heavy atom. The van der Waals surface area contributed by atoms with E-state index in [9.17, 15) is 13.2 Å². The average Bonchev–Trinajstić information content (AvgIpc) is 2.44. The molecular formula is C14H22N2O4S. The summed E-state index contributed by atoms with van der Waals surface area (Å²) in [5, 5.41) is 9.07. The van der Waals surface area contributed by atoms with Gasteiger partial charge in [-0.05, 0) is 12.0 Å². The molecule has 0 fully saturated rings. The van der Waals surface area contributed by atoms with Crippen molar-refractivity contribution in [1.82, 2.24) is 4.90 Å². The number of aliphatic hydroxyl groups is 1. The standard InChI is InChI=1S/C14H22N2O4S/c1-21(19,20)10-7-13(15)14(18)16(8-9-17)11-12-5-3-2-4-6-12/h2-6,13,17H,7-11,15H2,1H3. The second-order valence-electron chi connectivity index (χ2n) is 4.99. The highest BCUT2D eigenvalue weighted by Gasteiger charge is 2.22. The van der Waals surface area contributed by atoms with Crippen LogP contribution < -0.4 is 5.73 Å². The van der Waals surface area contributed by atoms with Crippen LogP contribution in [0.3, 0.4) is 0 Å². The molecular weight excluding hydrogens is 292 g/mol. The number of nitrogens with zero attached hydrogens (tertiary/aromatic N) is 1. The molecule has 7 heteroatoms. The molecule has 0 heterocycles. The lowest BCUT2D eigenvalue weighted by atomic mass is 10.1. The quantitative estimate of drug-likeness (QED) is 0.690. The molecule has 0 spiro atoms. The Hall–Kier alpha value is -1.44. The minimum absolute atomic E-state index is 0.0778. The predicted octanol–water partition coefficient (Wildman–Crippen LogP) is -0.230. The number of nitrogens with two attached hydrogens (primary N) is 1. The van der Waals surface area contributed by atoms with Crippen molar-refractivity contribution in [2.75, 3.05) is 25.2 Å². The maximum Gasteiger partial charge on any atom is 0.239 e. The van der Waals surface area contributed by atoms with E-state index in [0.29, 0.717) is 6.54 Å². The van der Waals surface area contributed by atoms with E-state index in [4.69, 9.17) is 10.8 Å². The Bertz CT molecular complexity index is 545. The molecule has 0 radical (unpaired) electrons. The first-order valence-corrected chi connectivity index (χ1v) is 8.76. The van der Waals surface area contributed by atoms with E-state index in [1.807, 2.05) is 30.3 Å². The minimum atomic E-state index is -3.15. The largest absolute Gasteiger partial charge is 0.395 e. The van der Waals surface area contributed by atoms with Crippen LogP contribution in [0.15, 0.2) is 30.3 Å². The number of rotatable bonds is 8. The van der Waals surface area contributed by atoms with Crippen molar-refractivity contribution >= 4 is 15.7 Å². The highest BCUT2D eigenvalue weighted by molar-refractivity contribution is 7.90. The zero-order valence-corrected chi connectivity index (χ0v) is 12.9. The topological polar surface area (TPSA) is 101 Å². The Kier molecular flexibility index (Phi) is 6.80. The normalized spacial score (nSPS) is 12.9. The summed E-state index contributed by atoms with van der Waals surface area (Å²) in [7, 11) is -3.15.